The number of carbonyl (C=O) groups is 2. The van der Waals surface area contributed by atoms with Crippen molar-refractivity contribution in [3.05, 3.63) is 76.3 Å². The Hall–Kier alpha value is -3.27. The minimum absolute atomic E-state index is 0.0106. The first-order valence-electron chi connectivity index (χ1n) is 10.3. The molecule has 0 aromatic heterocycles. The van der Waals surface area contributed by atoms with Crippen molar-refractivity contribution in [2.24, 2.45) is 0 Å². The molecule has 0 saturated carbocycles. The summed E-state index contributed by atoms with van der Waals surface area (Å²) in [4.78, 5) is 25.2. The summed E-state index contributed by atoms with van der Waals surface area (Å²) < 4.78 is 31.0. The van der Waals surface area contributed by atoms with Gasteiger partial charge in [-0.1, -0.05) is 30.1 Å². The number of carbonyl (C=O) groups excluding carboxylic acids is 2. The highest BCUT2D eigenvalue weighted by molar-refractivity contribution is 7.92. The summed E-state index contributed by atoms with van der Waals surface area (Å²) in [6.07, 6.45) is 0.0317. The molecule has 0 spiro atoms. The molecule has 0 saturated heterocycles. The highest BCUT2D eigenvalue weighted by atomic mass is 35.5. The lowest BCUT2D eigenvalue weighted by atomic mass is 10.2. The molecule has 0 bridgehead atoms. The van der Waals surface area contributed by atoms with E-state index in [1.165, 1.54) is 67.8 Å². The quantitative estimate of drug-likeness (QED) is 0.342. The maximum absolute atomic E-state index is 13.0. The molecule has 11 heteroatoms. The highest BCUT2D eigenvalue weighted by Crippen LogP contribution is 2.29. The second-order valence-corrected chi connectivity index (χ2v) is 10.4. The number of hydrogen-bond acceptors (Lipinski definition) is 6. The van der Waals surface area contributed by atoms with Gasteiger partial charge in [0, 0.05) is 17.3 Å². The van der Waals surface area contributed by atoms with Gasteiger partial charge in [-0.25, -0.2) is 8.42 Å². The van der Waals surface area contributed by atoms with Crippen LogP contribution in [0.4, 0.5) is 11.4 Å². The largest absolute Gasteiger partial charge is 0.506 e. The molecular weight excluding hydrogens is 515 g/mol. The SMILES string of the molecule is CCC(C(=O)Nc1ccc(NC(=O)c2ccc(Cl)c(Cl)c2)c(O)c1)S(=O)(=O)c1ccc(OC)cc1. The van der Waals surface area contributed by atoms with Crippen molar-refractivity contribution >= 4 is 56.2 Å². The van der Waals surface area contributed by atoms with Gasteiger partial charge in [0.25, 0.3) is 5.91 Å². The molecule has 2 amide bonds. The van der Waals surface area contributed by atoms with Crippen LogP contribution in [-0.4, -0.2) is 37.7 Å². The molecule has 1 unspecified atom stereocenters. The van der Waals surface area contributed by atoms with Crippen LogP contribution in [0, 0.1) is 0 Å². The van der Waals surface area contributed by atoms with Crippen molar-refractivity contribution in [1.82, 2.24) is 0 Å². The van der Waals surface area contributed by atoms with Crippen molar-refractivity contribution in [2.45, 2.75) is 23.5 Å². The molecule has 35 heavy (non-hydrogen) atoms. The van der Waals surface area contributed by atoms with E-state index in [0.717, 1.165) is 0 Å². The van der Waals surface area contributed by atoms with E-state index in [1.807, 2.05) is 0 Å². The number of hydrogen-bond donors (Lipinski definition) is 3. The molecule has 8 nitrogen and oxygen atoms in total. The number of rotatable bonds is 8. The molecule has 3 aromatic rings. The van der Waals surface area contributed by atoms with E-state index < -0.39 is 26.9 Å². The predicted octanol–water partition coefficient (Wildman–Crippen LogP) is 5.15. The number of methoxy groups -OCH3 is 1. The summed E-state index contributed by atoms with van der Waals surface area (Å²) in [6.45, 7) is 1.59. The van der Waals surface area contributed by atoms with Crippen LogP contribution in [0.15, 0.2) is 65.6 Å². The molecule has 0 aliphatic rings. The minimum Gasteiger partial charge on any atom is -0.506 e. The van der Waals surface area contributed by atoms with E-state index in [1.54, 1.807) is 6.92 Å². The number of aromatic hydroxyl groups is 1. The average molecular weight is 537 g/mol. The zero-order valence-electron chi connectivity index (χ0n) is 18.7. The molecule has 0 radical (unpaired) electrons. The van der Waals surface area contributed by atoms with Crippen molar-refractivity contribution in [3.63, 3.8) is 0 Å². The Morgan fingerprint density at radius 2 is 1.66 bits per heavy atom. The maximum atomic E-state index is 13.0. The third-order valence-corrected chi connectivity index (χ3v) is 8.09. The second-order valence-electron chi connectivity index (χ2n) is 7.42. The average Bonchev–Trinajstić information content (AvgIpc) is 2.82. The van der Waals surface area contributed by atoms with Crippen LogP contribution in [0.2, 0.25) is 10.0 Å². The Labute approximate surface area is 212 Å². The third-order valence-electron chi connectivity index (χ3n) is 5.12. The summed E-state index contributed by atoms with van der Waals surface area (Å²) in [7, 11) is -2.51. The van der Waals surface area contributed by atoms with Crippen LogP contribution in [0.5, 0.6) is 11.5 Å². The highest BCUT2D eigenvalue weighted by Gasteiger charge is 2.32. The second kappa shape index (κ2) is 11.0. The van der Waals surface area contributed by atoms with Crippen LogP contribution in [-0.2, 0) is 14.6 Å². The minimum atomic E-state index is -3.97. The van der Waals surface area contributed by atoms with Crippen molar-refractivity contribution in [3.8, 4) is 11.5 Å². The first-order valence-corrected chi connectivity index (χ1v) is 12.6. The Morgan fingerprint density at radius 1 is 0.971 bits per heavy atom. The number of nitrogens with one attached hydrogen (secondary N) is 2. The number of benzene rings is 3. The number of halogens is 2. The summed E-state index contributed by atoms with van der Waals surface area (Å²) >= 11 is 11.8. The van der Waals surface area contributed by atoms with Crippen molar-refractivity contribution in [2.75, 3.05) is 17.7 Å². The monoisotopic (exact) mass is 536 g/mol. The van der Waals surface area contributed by atoms with Crippen molar-refractivity contribution in [1.29, 1.82) is 0 Å². The molecule has 0 aliphatic carbocycles. The van der Waals surface area contributed by atoms with Crippen LogP contribution in [0.1, 0.15) is 23.7 Å². The normalized spacial score (nSPS) is 12.0. The third kappa shape index (κ3) is 6.05. The van der Waals surface area contributed by atoms with Gasteiger partial charge in [-0.2, -0.15) is 0 Å². The van der Waals surface area contributed by atoms with Gasteiger partial charge in [0.1, 0.15) is 16.7 Å². The Bertz CT molecular complexity index is 1360. The van der Waals surface area contributed by atoms with Gasteiger partial charge in [-0.15, -0.1) is 0 Å². The first kappa shape index (κ1) is 26.3. The molecule has 0 heterocycles. The lowest BCUT2D eigenvalue weighted by molar-refractivity contribution is -0.115. The van der Waals surface area contributed by atoms with Gasteiger partial charge in [0.05, 0.1) is 27.7 Å². The van der Waals surface area contributed by atoms with E-state index in [2.05, 4.69) is 10.6 Å². The maximum Gasteiger partial charge on any atom is 0.255 e. The summed E-state index contributed by atoms with van der Waals surface area (Å²) in [5.74, 6) is -1.13. The molecule has 3 N–H and O–H groups in total. The molecule has 3 rings (SSSR count). The van der Waals surface area contributed by atoms with E-state index in [-0.39, 0.29) is 39.0 Å². The fraction of sp³-hybridized carbons (Fsp3) is 0.167. The number of anilines is 2. The lowest BCUT2D eigenvalue weighted by Gasteiger charge is -2.17. The number of sulfone groups is 1. The van der Waals surface area contributed by atoms with Crippen LogP contribution < -0.4 is 15.4 Å². The van der Waals surface area contributed by atoms with Crippen molar-refractivity contribution < 1.29 is 27.9 Å². The van der Waals surface area contributed by atoms with Gasteiger partial charge in [-0.3, -0.25) is 9.59 Å². The fourth-order valence-electron chi connectivity index (χ4n) is 3.25. The zero-order chi connectivity index (χ0) is 25.8. The molecule has 1 atom stereocenters. The van der Waals surface area contributed by atoms with Gasteiger partial charge in [0.15, 0.2) is 9.84 Å². The lowest BCUT2D eigenvalue weighted by Crippen LogP contribution is -2.34. The number of amides is 2. The van der Waals surface area contributed by atoms with Crippen LogP contribution >= 0.6 is 23.2 Å². The van der Waals surface area contributed by atoms with Gasteiger partial charge < -0.3 is 20.5 Å². The van der Waals surface area contributed by atoms with Crippen LogP contribution in [0.3, 0.4) is 0 Å². The van der Waals surface area contributed by atoms with E-state index in [4.69, 9.17) is 27.9 Å². The number of ether oxygens (including phenoxy) is 1. The number of phenols is 1. The van der Waals surface area contributed by atoms with E-state index in [0.29, 0.717) is 10.8 Å². The van der Waals surface area contributed by atoms with E-state index >= 15 is 0 Å². The molecule has 0 fully saturated rings. The smallest absolute Gasteiger partial charge is 0.255 e. The molecule has 3 aromatic carbocycles. The summed E-state index contributed by atoms with van der Waals surface area (Å²) in [5.41, 5.74) is 0.464. The predicted molar refractivity (Wildman–Crippen MR) is 135 cm³/mol. The van der Waals surface area contributed by atoms with Gasteiger partial charge >= 0.3 is 0 Å². The molecular formula is C24H22Cl2N2O6S. The topological polar surface area (TPSA) is 122 Å². The Balaban J connectivity index is 1.74. The fourth-order valence-corrected chi connectivity index (χ4v) is 5.17. The Kier molecular flexibility index (Phi) is 8.26. The molecule has 184 valence electrons. The van der Waals surface area contributed by atoms with Crippen LogP contribution in [0.25, 0.3) is 0 Å². The Morgan fingerprint density at radius 3 is 2.23 bits per heavy atom. The first-order chi connectivity index (χ1) is 16.6. The van der Waals surface area contributed by atoms with Gasteiger partial charge in [-0.05, 0) is 61.0 Å². The summed E-state index contributed by atoms with van der Waals surface area (Å²) in [6, 6.07) is 14.1. The molecule has 0 aliphatic heterocycles. The number of phenolic OH excluding ortho intramolecular Hbond substituents is 1. The van der Waals surface area contributed by atoms with Gasteiger partial charge in [0.2, 0.25) is 5.91 Å². The van der Waals surface area contributed by atoms with E-state index in [9.17, 15) is 23.1 Å². The standard InChI is InChI=1S/C24H22Cl2N2O6S/c1-3-22(35(32,33)17-8-6-16(34-2)7-9-17)24(31)27-15-5-11-20(21(29)13-15)28-23(30)14-4-10-18(25)19(26)12-14/h4-13,22,29H,3H2,1-2H3,(H,27,31)(H,28,30). The zero-order valence-corrected chi connectivity index (χ0v) is 21.0. The summed E-state index contributed by atoms with van der Waals surface area (Å²) in [5, 5.41) is 14.5.